The maximum Gasteiger partial charge on any atom is 0.153 e. The summed E-state index contributed by atoms with van der Waals surface area (Å²) in [5.41, 5.74) is 0.923. The molecule has 0 saturated carbocycles. The Morgan fingerprint density at radius 1 is 1.29 bits per heavy atom. The zero-order chi connectivity index (χ0) is 10.9. The number of nitrogens with zero attached hydrogens (tertiary/aromatic N) is 1. The molecule has 0 aliphatic carbocycles. The Balaban J connectivity index is 3.13. The number of halogens is 1. The predicted octanol–water partition coefficient (Wildman–Crippen LogP) is 3.14. The molecule has 0 bridgehead atoms. The average Bonchev–Trinajstić information content (AvgIpc) is 2.01. The van der Waals surface area contributed by atoms with Gasteiger partial charge in [-0.1, -0.05) is 20.8 Å². The van der Waals surface area contributed by atoms with E-state index in [0.29, 0.717) is 5.03 Å². The van der Waals surface area contributed by atoms with E-state index >= 15 is 0 Å². The first-order valence-electron chi connectivity index (χ1n) is 4.65. The summed E-state index contributed by atoms with van der Waals surface area (Å²) in [4.78, 5) is 4.20. The summed E-state index contributed by atoms with van der Waals surface area (Å²) >= 11 is 0. The molecule has 0 N–H and O–H groups in total. The summed E-state index contributed by atoms with van der Waals surface area (Å²) in [6, 6.07) is 1.62. The molecule has 0 saturated heterocycles. The minimum Gasteiger partial charge on any atom is -0.248 e. The Morgan fingerprint density at radius 2 is 1.86 bits per heavy atom. The largest absolute Gasteiger partial charge is 0.248 e. The van der Waals surface area contributed by atoms with Gasteiger partial charge in [-0.05, 0) is 29.6 Å². The van der Waals surface area contributed by atoms with Crippen LogP contribution >= 0.6 is 10.9 Å². The summed E-state index contributed by atoms with van der Waals surface area (Å²) in [6.45, 7) is 6.18. The van der Waals surface area contributed by atoms with Gasteiger partial charge in [0.15, 0.2) is 5.82 Å². The SMILES string of the molecule is C[SH](C)c1ncc(C(C)(C)C)cc1F. The number of thiol groups is 1. The molecule has 1 aromatic heterocycles. The summed E-state index contributed by atoms with van der Waals surface area (Å²) in [6.07, 6.45) is 5.82. The van der Waals surface area contributed by atoms with Crippen molar-refractivity contribution < 1.29 is 4.39 Å². The van der Waals surface area contributed by atoms with Crippen molar-refractivity contribution >= 4 is 10.9 Å². The van der Waals surface area contributed by atoms with Crippen molar-refractivity contribution in [3.05, 3.63) is 23.6 Å². The standard InChI is InChI=1S/C11H18FNS/c1-11(2,3)8-6-9(12)10(13-7-8)14(4)5/h6-7,14H,1-5H3. The molecule has 0 aromatic carbocycles. The molecule has 0 radical (unpaired) electrons. The zero-order valence-electron chi connectivity index (χ0n) is 9.43. The Hall–Kier alpha value is -0.570. The minimum atomic E-state index is -0.451. The molecule has 80 valence electrons. The van der Waals surface area contributed by atoms with E-state index in [2.05, 4.69) is 25.8 Å². The van der Waals surface area contributed by atoms with E-state index in [1.807, 2.05) is 12.5 Å². The van der Waals surface area contributed by atoms with Gasteiger partial charge in [0.05, 0.1) is 0 Å². The summed E-state index contributed by atoms with van der Waals surface area (Å²) in [7, 11) is -0.451. The van der Waals surface area contributed by atoms with Gasteiger partial charge in [0.25, 0.3) is 0 Å². The van der Waals surface area contributed by atoms with E-state index in [4.69, 9.17) is 0 Å². The maximum absolute atomic E-state index is 13.6. The summed E-state index contributed by atoms with van der Waals surface area (Å²) in [5, 5.41) is 0.619. The normalized spacial score (nSPS) is 12.9. The van der Waals surface area contributed by atoms with Gasteiger partial charge >= 0.3 is 0 Å². The van der Waals surface area contributed by atoms with Crippen LogP contribution in [0.4, 0.5) is 4.39 Å². The van der Waals surface area contributed by atoms with Gasteiger partial charge in [-0.15, -0.1) is 0 Å². The molecule has 3 heteroatoms. The second-order valence-corrected chi connectivity index (χ2v) is 6.89. The van der Waals surface area contributed by atoms with Gasteiger partial charge in [-0.3, -0.25) is 0 Å². The molecule has 1 aromatic rings. The van der Waals surface area contributed by atoms with Gasteiger partial charge in [0.1, 0.15) is 5.03 Å². The molecule has 0 spiro atoms. The van der Waals surface area contributed by atoms with Crippen molar-refractivity contribution in [2.45, 2.75) is 31.2 Å². The molecule has 0 aliphatic rings. The smallest absolute Gasteiger partial charge is 0.153 e. The first-order chi connectivity index (χ1) is 6.32. The van der Waals surface area contributed by atoms with E-state index in [1.54, 1.807) is 12.3 Å². The zero-order valence-corrected chi connectivity index (χ0v) is 10.3. The van der Waals surface area contributed by atoms with Crippen LogP contribution in [0.3, 0.4) is 0 Å². The monoisotopic (exact) mass is 215 g/mol. The lowest BCUT2D eigenvalue weighted by molar-refractivity contribution is 0.548. The molecule has 0 unspecified atom stereocenters. The minimum absolute atomic E-state index is 0.0311. The topological polar surface area (TPSA) is 12.9 Å². The number of rotatable bonds is 1. The third-order valence-electron chi connectivity index (χ3n) is 2.11. The van der Waals surface area contributed by atoms with E-state index in [9.17, 15) is 4.39 Å². The molecular weight excluding hydrogens is 197 g/mol. The lowest BCUT2D eigenvalue weighted by Gasteiger charge is -2.20. The van der Waals surface area contributed by atoms with Crippen LogP contribution in [0.15, 0.2) is 17.3 Å². The molecule has 0 aliphatic heterocycles. The Morgan fingerprint density at radius 3 is 2.21 bits per heavy atom. The lowest BCUT2D eigenvalue weighted by Crippen LogP contribution is -2.12. The molecule has 0 amide bonds. The van der Waals surface area contributed by atoms with Crippen LogP contribution in [0.25, 0.3) is 0 Å². The van der Waals surface area contributed by atoms with Crippen LogP contribution in [0.2, 0.25) is 0 Å². The first-order valence-corrected chi connectivity index (χ1v) is 6.89. The predicted molar refractivity (Wildman–Crippen MR) is 62.0 cm³/mol. The third kappa shape index (κ3) is 2.47. The average molecular weight is 215 g/mol. The maximum atomic E-state index is 13.6. The number of hydrogen-bond acceptors (Lipinski definition) is 1. The fourth-order valence-electron chi connectivity index (χ4n) is 1.17. The highest BCUT2D eigenvalue weighted by Gasteiger charge is 2.16. The van der Waals surface area contributed by atoms with E-state index in [1.165, 1.54) is 0 Å². The van der Waals surface area contributed by atoms with Crippen molar-refractivity contribution in [1.82, 2.24) is 4.98 Å². The second-order valence-electron chi connectivity index (χ2n) is 4.67. The first kappa shape index (κ1) is 11.5. The molecule has 0 atom stereocenters. The highest BCUT2D eigenvalue weighted by Crippen LogP contribution is 2.31. The van der Waals surface area contributed by atoms with Crippen LogP contribution in [0.5, 0.6) is 0 Å². The molecule has 1 rings (SSSR count). The number of aromatic nitrogens is 1. The highest BCUT2D eigenvalue weighted by molar-refractivity contribution is 8.15. The molecule has 0 fully saturated rings. The van der Waals surface area contributed by atoms with Crippen molar-refractivity contribution in [2.75, 3.05) is 12.5 Å². The third-order valence-corrected chi connectivity index (χ3v) is 3.29. The van der Waals surface area contributed by atoms with Crippen LogP contribution in [0, 0.1) is 5.82 Å². The second kappa shape index (κ2) is 3.89. The fraction of sp³-hybridized carbons (Fsp3) is 0.545. The van der Waals surface area contributed by atoms with Gasteiger partial charge in [-0.25, -0.2) is 20.3 Å². The molecule has 14 heavy (non-hydrogen) atoms. The highest BCUT2D eigenvalue weighted by atomic mass is 32.2. The Kier molecular flexibility index (Phi) is 3.20. The van der Waals surface area contributed by atoms with Gasteiger partial charge in [0.2, 0.25) is 0 Å². The van der Waals surface area contributed by atoms with Crippen molar-refractivity contribution in [2.24, 2.45) is 0 Å². The van der Waals surface area contributed by atoms with E-state index < -0.39 is 10.9 Å². The molecule has 1 nitrogen and oxygen atoms in total. The fourth-order valence-corrected chi connectivity index (χ4v) is 1.95. The number of hydrogen-bond donors (Lipinski definition) is 1. The van der Waals surface area contributed by atoms with Crippen molar-refractivity contribution in [1.29, 1.82) is 0 Å². The quantitative estimate of drug-likeness (QED) is 0.710. The van der Waals surface area contributed by atoms with E-state index in [0.717, 1.165) is 5.56 Å². The van der Waals surface area contributed by atoms with Crippen LogP contribution in [0.1, 0.15) is 26.3 Å². The Bertz CT molecular complexity index is 329. The molecule has 1 heterocycles. The van der Waals surface area contributed by atoms with Crippen LogP contribution in [-0.4, -0.2) is 17.5 Å². The van der Waals surface area contributed by atoms with Gasteiger partial charge in [0, 0.05) is 6.20 Å². The van der Waals surface area contributed by atoms with Crippen LogP contribution in [-0.2, 0) is 5.41 Å². The van der Waals surface area contributed by atoms with Crippen molar-refractivity contribution in [3.8, 4) is 0 Å². The van der Waals surface area contributed by atoms with E-state index in [-0.39, 0.29) is 11.2 Å². The summed E-state index contributed by atoms with van der Waals surface area (Å²) in [5.74, 6) is -0.159. The molecular formula is C11H18FNS. The Labute approximate surface area is 88.1 Å². The summed E-state index contributed by atoms with van der Waals surface area (Å²) < 4.78 is 13.6. The number of pyridine rings is 1. The van der Waals surface area contributed by atoms with Crippen LogP contribution < -0.4 is 0 Å². The van der Waals surface area contributed by atoms with Crippen molar-refractivity contribution in [3.63, 3.8) is 0 Å². The van der Waals surface area contributed by atoms with Gasteiger partial charge < -0.3 is 0 Å². The lowest BCUT2D eigenvalue weighted by atomic mass is 9.88. The van der Waals surface area contributed by atoms with Gasteiger partial charge in [-0.2, -0.15) is 0 Å².